The predicted octanol–water partition coefficient (Wildman–Crippen LogP) is 4.28. The number of nitrogens with zero attached hydrogens (tertiary/aromatic N) is 2. The van der Waals surface area contributed by atoms with Crippen molar-refractivity contribution in [1.82, 2.24) is 15.5 Å². The third kappa shape index (κ3) is 7.19. The largest absolute Gasteiger partial charge is 0.352 e. The number of carbonyl (C=O) groups excluding carboxylic acids is 2. The lowest BCUT2D eigenvalue weighted by atomic mass is 10.2. The van der Waals surface area contributed by atoms with Crippen LogP contribution in [-0.2, 0) is 17.0 Å². The fourth-order valence-corrected chi connectivity index (χ4v) is 4.36. The maximum absolute atomic E-state index is 12.9. The zero-order valence-corrected chi connectivity index (χ0v) is 18.9. The van der Waals surface area contributed by atoms with Gasteiger partial charge in [0.2, 0.25) is 11.0 Å². The molecule has 0 fully saturated rings. The lowest BCUT2D eigenvalue weighted by Crippen LogP contribution is -2.25. The Bertz CT molecular complexity index is 1010. The summed E-state index contributed by atoms with van der Waals surface area (Å²) in [6.07, 6.45) is 0.520. The monoisotopic (exact) mass is 508 g/mol. The Balaban J connectivity index is 1.37. The molecule has 0 spiro atoms. The summed E-state index contributed by atoms with van der Waals surface area (Å²) in [5.74, 6) is 0.267. The molecule has 1 aromatic heterocycles. The Kier molecular flexibility index (Phi) is 8.35. The Morgan fingerprint density at radius 2 is 1.93 bits per heavy atom. The Morgan fingerprint density at radius 1 is 1.13 bits per heavy atom. The topological polar surface area (TPSA) is 84.0 Å². The number of halogens is 2. The number of benzene rings is 2. The van der Waals surface area contributed by atoms with Crippen molar-refractivity contribution in [3.63, 3.8) is 0 Å². The van der Waals surface area contributed by atoms with E-state index in [1.54, 1.807) is 30.3 Å². The summed E-state index contributed by atoms with van der Waals surface area (Å²) in [5, 5.41) is 14.7. The van der Waals surface area contributed by atoms with Gasteiger partial charge >= 0.3 is 0 Å². The average Bonchev–Trinajstić information content (AvgIpc) is 3.16. The highest BCUT2D eigenvalue weighted by Crippen LogP contribution is 2.17. The molecule has 6 nitrogen and oxygen atoms in total. The summed E-state index contributed by atoms with van der Waals surface area (Å²) < 4.78 is 13.7. The van der Waals surface area contributed by atoms with Crippen LogP contribution in [0.2, 0.25) is 0 Å². The third-order valence-corrected chi connectivity index (χ3v) is 6.24. The smallest absolute Gasteiger partial charge is 0.251 e. The predicted molar refractivity (Wildman–Crippen MR) is 121 cm³/mol. The van der Waals surface area contributed by atoms with Crippen LogP contribution in [0.4, 0.5) is 9.52 Å². The van der Waals surface area contributed by atoms with E-state index in [1.165, 1.54) is 35.2 Å². The number of thioether (sulfide) groups is 1. The van der Waals surface area contributed by atoms with Crippen LogP contribution in [0.15, 0.2) is 53.0 Å². The molecule has 156 valence electrons. The van der Waals surface area contributed by atoms with Crippen LogP contribution in [-0.4, -0.2) is 34.3 Å². The van der Waals surface area contributed by atoms with Crippen LogP contribution in [0.5, 0.6) is 0 Å². The molecule has 0 unspecified atom stereocenters. The second kappa shape index (κ2) is 11.2. The van der Waals surface area contributed by atoms with Crippen LogP contribution >= 0.6 is 39.0 Å². The first-order valence-electron chi connectivity index (χ1n) is 8.98. The molecular weight excluding hydrogens is 491 g/mol. The van der Waals surface area contributed by atoms with Crippen molar-refractivity contribution in [3.8, 4) is 0 Å². The van der Waals surface area contributed by atoms with Gasteiger partial charge in [0.15, 0.2) is 0 Å². The molecule has 3 rings (SSSR count). The highest BCUT2D eigenvalue weighted by Gasteiger charge is 2.10. The Morgan fingerprint density at radius 3 is 2.70 bits per heavy atom. The maximum Gasteiger partial charge on any atom is 0.251 e. The van der Waals surface area contributed by atoms with Crippen molar-refractivity contribution in [2.24, 2.45) is 0 Å². The second-order valence-electron chi connectivity index (χ2n) is 6.18. The van der Waals surface area contributed by atoms with Crippen molar-refractivity contribution in [3.05, 3.63) is 75.0 Å². The fourth-order valence-electron chi connectivity index (χ4n) is 2.42. The van der Waals surface area contributed by atoms with Gasteiger partial charge in [-0.25, -0.2) is 4.39 Å². The van der Waals surface area contributed by atoms with Crippen molar-refractivity contribution in [2.45, 2.75) is 12.2 Å². The molecule has 0 bridgehead atoms. The number of hydrogen-bond acceptors (Lipinski definition) is 6. The van der Waals surface area contributed by atoms with Gasteiger partial charge in [-0.3, -0.25) is 14.9 Å². The Labute approximate surface area is 189 Å². The number of carbonyl (C=O) groups is 2. The van der Waals surface area contributed by atoms with Gasteiger partial charge in [0.25, 0.3) is 5.91 Å². The van der Waals surface area contributed by atoms with E-state index in [9.17, 15) is 14.0 Å². The zero-order chi connectivity index (χ0) is 21.3. The minimum atomic E-state index is -0.277. The van der Waals surface area contributed by atoms with E-state index in [4.69, 9.17) is 0 Å². The van der Waals surface area contributed by atoms with Gasteiger partial charge in [-0.2, -0.15) is 0 Å². The van der Waals surface area contributed by atoms with E-state index >= 15 is 0 Å². The summed E-state index contributed by atoms with van der Waals surface area (Å²) in [7, 11) is 0. The van der Waals surface area contributed by atoms with E-state index in [-0.39, 0.29) is 23.4 Å². The van der Waals surface area contributed by atoms with Gasteiger partial charge in [0.05, 0.1) is 5.75 Å². The van der Waals surface area contributed by atoms with E-state index in [2.05, 4.69) is 36.8 Å². The number of hydrogen-bond donors (Lipinski definition) is 2. The maximum atomic E-state index is 12.9. The van der Waals surface area contributed by atoms with Crippen LogP contribution in [0.1, 0.15) is 20.9 Å². The average molecular weight is 509 g/mol. The van der Waals surface area contributed by atoms with Crippen molar-refractivity contribution in [2.75, 3.05) is 17.6 Å². The molecule has 0 atom stereocenters. The van der Waals surface area contributed by atoms with E-state index < -0.39 is 0 Å². The highest BCUT2D eigenvalue weighted by molar-refractivity contribution is 9.10. The first-order chi connectivity index (χ1) is 14.5. The lowest BCUT2D eigenvalue weighted by molar-refractivity contribution is -0.113. The second-order valence-corrected chi connectivity index (χ2v) is 9.15. The van der Waals surface area contributed by atoms with Crippen LogP contribution in [0.3, 0.4) is 0 Å². The van der Waals surface area contributed by atoms with E-state index in [1.807, 2.05) is 6.07 Å². The third-order valence-electron chi connectivity index (χ3n) is 3.84. The standard InChI is InChI=1S/C20H18BrFN4O2S2/c21-15-3-1-2-14(10-15)19(28)23-9-8-18-25-26-20(30-18)24-17(27)12-29-11-13-4-6-16(22)7-5-13/h1-7,10H,8-9,11-12H2,(H,23,28)(H,24,26,27). The summed E-state index contributed by atoms with van der Waals surface area (Å²) >= 11 is 6.05. The Hall–Kier alpha value is -2.30. The van der Waals surface area contributed by atoms with Gasteiger partial charge in [0, 0.05) is 28.8 Å². The number of nitrogens with one attached hydrogen (secondary N) is 2. The number of aromatic nitrogens is 2. The molecule has 3 aromatic rings. The van der Waals surface area contributed by atoms with Gasteiger partial charge in [0.1, 0.15) is 10.8 Å². The van der Waals surface area contributed by atoms with E-state index in [0.717, 1.165) is 15.0 Å². The minimum absolute atomic E-state index is 0.160. The molecular formula is C20H18BrFN4O2S2. The number of amides is 2. The fraction of sp³-hybridized carbons (Fsp3) is 0.200. The molecule has 1 heterocycles. The normalized spacial score (nSPS) is 10.6. The minimum Gasteiger partial charge on any atom is -0.352 e. The molecule has 10 heteroatoms. The first kappa shape index (κ1) is 22.4. The molecule has 0 radical (unpaired) electrons. The molecule has 2 amide bonds. The van der Waals surface area contributed by atoms with Gasteiger partial charge in [-0.1, -0.05) is 45.5 Å². The SMILES string of the molecule is O=C(CSCc1ccc(F)cc1)Nc1nnc(CCNC(=O)c2cccc(Br)c2)s1. The molecule has 30 heavy (non-hydrogen) atoms. The number of rotatable bonds is 9. The first-order valence-corrected chi connectivity index (χ1v) is 11.7. The van der Waals surface area contributed by atoms with Crippen molar-refractivity contribution < 1.29 is 14.0 Å². The quantitative estimate of drug-likeness (QED) is 0.450. The summed E-state index contributed by atoms with van der Waals surface area (Å²) in [6.45, 7) is 0.418. The van der Waals surface area contributed by atoms with Gasteiger partial charge in [-0.05, 0) is 35.9 Å². The summed E-state index contributed by atoms with van der Waals surface area (Å²) in [6, 6.07) is 13.4. The summed E-state index contributed by atoms with van der Waals surface area (Å²) in [5.41, 5.74) is 1.53. The van der Waals surface area contributed by atoms with Gasteiger partial charge < -0.3 is 5.32 Å². The molecule has 0 aliphatic carbocycles. The molecule has 2 N–H and O–H groups in total. The molecule has 0 aliphatic heterocycles. The highest BCUT2D eigenvalue weighted by atomic mass is 79.9. The van der Waals surface area contributed by atoms with Crippen LogP contribution in [0, 0.1) is 5.82 Å². The van der Waals surface area contributed by atoms with Gasteiger partial charge in [-0.15, -0.1) is 22.0 Å². The molecule has 2 aromatic carbocycles. The van der Waals surface area contributed by atoms with E-state index in [0.29, 0.717) is 29.4 Å². The van der Waals surface area contributed by atoms with Crippen LogP contribution in [0.25, 0.3) is 0 Å². The van der Waals surface area contributed by atoms with Crippen LogP contribution < -0.4 is 10.6 Å². The molecule has 0 aliphatic rings. The molecule has 0 saturated carbocycles. The van der Waals surface area contributed by atoms with Crippen molar-refractivity contribution >= 4 is 56.0 Å². The number of anilines is 1. The van der Waals surface area contributed by atoms with Crippen molar-refractivity contribution in [1.29, 1.82) is 0 Å². The lowest BCUT2D eigenvalue weighted by Gasteiger charge is -2.04. The summed E-state index contributed by atoms with van der Waals surface area (Å²) in [4.78, 5) is 24.2. The zero-order valence-electron chi connectivity index (χ0n) is 15.7. The molecule has 0 saturated heterocycles.